The van der Waals surface area contributed by atoms with Crippen molar-refractivity contribution in [1.82, 2.24) is 20.3 Å². The molecule has 1 unspecified atom stereocenters. The lowest BCUT2D eigenvalue weighted by atomic mass is 9.84. The van der Waals surface area contributed by atoms with E-state index in [1.165, 1.54) is 0 Å². The zero-order valence-electron chi connectivity index (χ0n) is 24.5. The van der Waals surface area contributed by atoms with Gasteiger partial charge in [-0.05, 0) is 79.7 Å². The van der Waals surface area contributed by atoms with Gasteiger partial charge in [0.2, 0.25) is 11.8 Å². The van der Waals surface area contributed by atoms with Crippen LogP contribution in [-0.2, 0) is 15.2 Å². The van der Waals surface area contributed by atoms with Gasteiger partial charge in [0, 0.05) is 55.1 Å². The Labute approximate surface area is 262 Å². The summed E-state index contributed by atoms with van der Waals surface area (Å²) in [5, 5.41) is 23.0. The summed E-state index contributed by atoms with van der Waals surface area (Å²) in [6, 6.07) is 11.3. The van der Waals surface area contributed by atoms with Crippen molar-refractivity contribution in [2.24, 2.45) is 11.8 Å². The lowest BCUT2D eigenvalue weighted by Crippen LogP contribution is -2.49. The molecule has 0 radical (unpaired) electrons. The fourth-order valence-electron chi connectivity index (χ4n) is 6.36. The smallest absolute Gasteiger partial charge is 0.306 e. The Morgan fingerprint density at radius 2 is 1.86 bits per heavy atom. The van der Waals surface area contributed by atoms with E-state index in [9.17, 15) is 19.8 Å². The quantitative estimate of drug-likeness (QED) is 0.410. The Morgan fingerprint density at radius 1 is 1.11 bits per heavy atom. The van der Waals surface area contributed by atoms with Gasteiger partial charge in [-0.1, -0.05) is 42.0 Å². The van der Waals surface area contributed by atoms with Gasteiger partial charge in [-0.2, -0.15) is 0 Å². The molecule has 2 saturated heterocycles. The number of rotatable bonds is 7. The molecule has 9 nitrogen and oxygen atoms in total. The third-order valence-corrected chi connectivity index (χ3v) is 9.29. The zero-order chi connectivity index (χ0) is 30.7. The number of carboxylic acids is 1. The molecule has 6 rings (SSSR count). The van der Waals surface area contributed by atoms with Crippen LogP contribution in [0.25, 0.3) is 5.57 Å². The second-order valence-corrected chi connectivity index (χ2v) is 12.3. The van der Waals surface area contributed by atoms with Crippen molar-refractivity contribution in [1.29, 1.82) is 0 Å². The van der Waals surface area contributed by atoms with Crippen molar-refractivity contribution in [3.05, 3.63) is 100 Å². The maximum absolute atomic E-state index is 13.5. The lowest BCUT2D eigenvalue weighted by molar-refractivity contribution is -0.143. The summed E-state index contributed by atoms with van der Waals surface area (Å²) in [7, 11) is 0. The molecule has 2 aromatic rings. The molecule has 10 heteroatoms. The molecule has 3 N–H and O–H groups in total. The minimum absolute atomic E-state index is 0.185. The van der Waals surface area contributed by atoms with E-state index in [1.54, 1.807) is 6.20 Å². The summed E-state index contributed by atoms with van der Waals surface area (Å²) in [4.78, 5) is 31.7. The van der Waals surface area contributed by atoms with Gasteiger partial charge in [0.25, 0.3) is 0 Å². The molecule has 3 aliphatic heterocycles. The van der Waals surface area contributed by atoms with E-state index in [0.717, 1.165) is 48.3 Å². The molecule has 0 spiro atoms. The van der Waals surface area contributed by atoms with E-state index in [-0.39, 0.29) is 11.8 Å². The molecule has 44 heavy (non-hydrogen) atoms. The highest BCUT2D eigenvalue weighted by Crippen LogP contribution is 2.38. The topological polar surface area (TPSA) is 115 Å². The van der Waals surface area contributed by atoms with Crippen LogP contribution in [0.2, 0.25) is 5.02 Å². The van der Waals surface area contributed by atoms with E-state index in [2.05, 4.69) is 21.4 Å². The maximum atomic E-state index is 13.5. The first kappa shape index (κ1) is 30.3. The number of carbonyl (C=O) groups excluding carboxylic acids is 1. The Kier molecular flexibility index (Phi) is 9.00. The SMILES string of the molecule is O=C(O)C1CCN(NC(=O)C2C=CC=C3Oc4ncccc4C(=CCCN4CCC(O)(c5ccc(Cl)cc5)CC4)C=C32)CC1. The number of ether oxygens (including phenoxy) is 1. The number of amides is 1. The monoisotopic (exact) mass is 616 g/mol. The predicted molar refractivity (Wildman–Crippen MR) is 167 cm³/mol. The molecule has 1 amide bonds. The van der Waals surface area contributed by atoms with Gasteiger partial charge >= 0.3 is 5.97 Å². The van der Waals surface area contributed by atoms with Gasteiger partial charge in [-0.15, -0.1) is 0 Å². The van der Waals surface area contributed by atoms with Crippen LogP contribution in [0.15, 0.2) is 84.3 Å². The molecule has 4 aliphatic rings. The third-order valence-electron chi connectivity index (χ3n) is 9.04. The zero-order valence-corrected chi connectivity index (χ0v) is 25.2. The summed E-state index contributed by atoms with van der Waals surface area (Å²) in [6.45, 7) is 3.39. The number of benzene rings is 1. The summed E-state index contributed by atoms with van der Waals surface area (Å²) in [5.74, 6) is -0.837. The first-order chi connectivity index (χ1) is 21.3. The molecule has 0 bridgehead atoms. The van der Waals surface area contributed by atoms with Crippen molar-refractivity contribution in [2.45, 2.75) is 37.7 Å². The van der Waals surface area contributed by atoms with Gasteiger partial charge in [0.15, 0.2) is 0 Å². The summed E-state index contributed by atoms with van der Waals surface area (Å²) < 4.78 is 6.25. The number of carboxylic acid groups (broad SMARTS) is 1. The second-order valence-electron chi connectivity index (χ2n) is 11.9. The highest BCUT2D eigenvalue weighted by atomic mass is 35.5. The van der Waals surface area contributed by atoms with Gasteiger partial charge in [-0.25, -0.2) is 9.99 Å². The Balaban J connectivity index is 1.14. The van der Waals surface area contributed by atoms with E-state index in [4.69, 9.17) is 16.3 Å². The minimum atomic E-state index is -0.841. The van der Waals surface area contributed by atoms with Crippen molar-refractivity contribution >= 4 is 29.1 Å². The van der Waals surface area contributed by atoms with Gasteiger partial charge in [0.05, 0.1) is 17.4 Å². The van der Waals surface area contributed by atoms with Crippen LogP contribution < -0.4 is 10.2 Å². The van der Waals surface area contributed by atoms with E-state index < -0.39 is 17.5 Å². The lowest BCUT2D eigenvalue weighted by Gasteiger charge is -2.38. The van der Waals surface area contributed by atoms with Crippen LogP contribution in [0.1, 0.15) is 43.2 Å². The van der Waals surface area contributed by atoms with Crippen molar-refractivity contribution in [3.63, 3.8) is 0 Å². The first-order valence-electron chi connectivity index (χ1n) is 15.2. The Bertz CT molecular complexity index is 1520. The van der Waals surface area contributed by atoms with Gasteiger partial charge in [-0.3, -0.25) is 15.0 Å². The normalized spacial score (nSPS) is 23.0. The molecule has 1 aromatic carbocycles. The average molecular weight is 617 g/mol. The number of carbonyl (C=O) groups is 2. The van der Waals surface area contributed by atoms with Gasteiger partial charge in [0.1, 0.15) is 5.76 Å². The third kappa shape index (κ3) is 6.66. The molecule has 4 heterocycles. The standard InChI is InChI=1S/C34H37ClN4O5/c35-26-10-8-25(9-11-26)34(43)14-20-38(21-15-34)17-3-4-24-22-29-28(31(40)37-39-18-12-23(13-19-39)33(41)42)5-1-7-30(29)44-32-27(24)6-2-16-36-32/h1-2,4-11,16,22-23,28,43H,3,12-15,17-21H2,(H,37,40)(H,41,42). The molecule has 1 aliphatic carbocycles. The van der Waals surface area contributed by atoms with Crippen LogP contribution in [0, 0.1) is 11.8 Å². The number of allylic oxidation sites excluding steroid dienone is 5. The number of hydrogen-bond acceptors (Lipinski definition) is 7. The van der Waals surface area contributed by atoms with Gasteiger partial charge < -0.3 is 19.8 Å². The van der Waals surface area contributed by atoms with E-state index in [1.807, 2.05) is 65.7 Å². The van der Waals surface area contributed by atoms with Crippen LogP contribution in [0.4, 0.5) is 0 Å². The summed E-state index contributed by atoms with van der Waals surface area (Å²) in [5.41, 5.74) is 5.62. The number of nitrogens with one attached hydrogen (secondary N) is 1. The van der Waals surface area contributed by atoms with Crippen LogP contribution >= 0.6 is 11.6 Å². The number of halogens is 1. The second kappa shape index (κ2) is 13.1. The van der Waals surface area contributed by atoms with E-state index >= 15 is 0 Å². The van der Waals surface area contributed by atoms with Crippen molar-refractivity contribution in [2.75, 3.05) is 32.7 Å². The number of aliphatic carboxylic acids is 1. The van der Waals surface area contributed by atoms with E-state index in [0.29, 0.717) is 55.4 Å². The number of hydrazine groups is 1. The molecular weight excluding hydrogens is 580 g/mol. The van der Waals surface area contributed by atoms with Crippen LogP contribution in [0.5, 0.6) is 5.88 Å². The highest BCUT2D eigenvalue weighted by molar-refractivity contribution is 6.30. The average Bonchev–Trinajstić information content (AvgIpc) is 3.19. The molecule has 230 valence electrons. The fraction of sp³-hybridized carbons (Fsp3) is 0.382. The minimum Gasteiger partial charge on any atom is -0.481 e. The number of nitrogens with zero attached hydrogens (tertiary/aromatic N) is 3. The molecule has 2 fully saturated rings. The van der Waals surface area contributed by atoms with Crippen molar-refractivity contribution in [3.8, 4) is 5.88 Å². The first-order valence-corrected chi connectivity index (χ1v) is 15.6. The summed E-state index contributed by atoms with van der Waals surface area (Å²) in [6.07, 6.45) is 14.5. The summed E-state index contributed by atoms with van der Waals surface area (Å²) >= 11 is 6.04. The molecule has 1 atom stereocenters. The highest BCUT2D eigenvalue weighted by Gasteiger charge is 2.34. The number of fused-ring (bicyclic) bond motifs is 2. The molecule has 0 saturated carbocycles. The number of hydrogen-bond donors (Lipinski definition) is 3. The molecular formula is C34H37ClN4O5. The Hall–Kier alpha value is -3.76. The van der Waals surface area contributed by atoms with Crippen LogP contribution in [0.3, 0.4) is 0 Å². The number of aliphatic hydroxyl groups is 1. The predicted octanol–water partition coefficient (Wildman–Crippen LogP) is 4.71. The fourth-order valence-corrected chi connectivity index (χ4v) is 6.49. The Morgan fingerprint density at radius 3 is 2.59 bits per heavy atom. The largest absolute Gasteiger partial charge is 0.481 e. The maximum Gasteiger partial charge on any atom is 0.306 e. The number of piperidine rings is 2. The number of pyridine rings is 1. The van der Waals surface area contributed by atoms with Crippen LogP contribution in [-0.4, -0.2) is 69.7 Å². The number of likely N-dealkylation sites (tertiary alicyclic amines) is 1. The van der Waals surface area contributed by atoms with Crippen molar-refractivity contribution < 1.29 is 24.5 Å². The molecule has 1 aromatic heterocycles. The number of aromatic nitrogens is 1.